The predicted octanol–water partition coefficient (Wildman–Crippen LogP) is 4.45. The van der Waals surface area contributed by atoms with Gasteiger partial charge in [0.1, 0.15) is 23.7 Å². The lowest BCUT2D eigenvalue weighted by atomic mass is 9.89. The number of hydrogen-bond acceptors (Lipinski definition) is 11. The molecule has 1 aromatic carbocycles. The SMILES string of the molecule is CC[C@H](C)[C@@H]([C@@H](CC(=O)N1CCC[C@H]1[C@H](OC)[C@@H](C)C(=O)N(C)CCc1cccc(NC(=O)[C@H](C)NC(=O)[C@H](C)NC(=O)OC(C)(C)C)c1)OC)N(C)C(=O)[C@@H](NC(=O)C(C)(C)N(C)C)C(C)C. The van der Waals surface area contributed by atoms with Crippen molar-refractivity contribution in [1.82, 2.24) is 35.6 Å². The summed E-state index contributed by atoms with van der Waals surface area (Å²) in [5.41, 5.74) is -0.200. The third-order valence-electron chi connectivity index (χ3n) is 13.3. The van der Waals surface area contributed by atoms with Crippen molar-refractivity contribution in [2.75, 3.05) is 60.8 Å². The number of rotatable bonds is 24. The van der Waals surface area contributed by atoms with Gasteiger partial charge in [-0.05, 0) is 111 Å². The Hall–Kier alpha value is -4.81. The van der Waals surface area contributed by atoms with E-state index in [9.17, 15) is 33.6 Å². The maximum absolute atomic E-state index is 14.3. The number of amides is 7. The zero-order valence-corrected chi connectivity index (χ0v) is 44.4. The number of nitrogens with one attached hydrogen (secondary N) is 4. The second kappa shape index (κ2) is 26.2. The number of methoxy groups -OCH3 is 2. The molecule has 0 radical (unpaired) electrons. The van der Waals surface area contributed by atoms with Crippen LogP contribution in [0.15, 0.2) is 24.3 Å². The fourth-order valence-electron chi connectivity index (χ4n) is 8.31. The number of carbonyl (C=O) groups excluding carboxylic acids is 7. The Morgan fingerprint density at radius 1 is 0.824 bits per heavy atom. The van der Waals surface area contributed by atoms with Gasteiger partial charge in [0.25, 0.3) is 0 Å². The number of anilines is 1. The minimum Gasteiger partial charge on any atom is -0.444 e. The summed E-state index contributed by atoms with van der Waals surface area (Å²) in [6.07, 6.45) is 0.602. The van der Waals surface area contributed by atoms with E-state index in [1.807, 2.05) is 54.8 Å². The molecule has 0 aliphatic carbocycles. The third-order valence-corrected chi connectivity index (χ3v) is 13.3. The molecule has 0 aromatic heterocycles. The highest BCUT2D eigenvalue weighted by atomic mass is 16.6. The molecule has 0 saturated carbocycles. The monoisotopic (exact) mass is 959 g/mol. The molecule has 1 aromatic rings. The van der Waals surface area contributed by atoms with Gasteiger partial charge < -0.3 is 50.2 Å². The molecule has 7 amide bonds. The first-order valence-electron chi connectivity index (χ1n) is 24.1. The fraction of sp³-hybridized carbons (Fsp3) is 0.740. The molecule has 0 spiro atoms. The molecule has 18 nitrogen and oxygen atoms in total. The molecular weight excluding hydrogens is 873 g/mol. The van der Waals surface area contributed by atoms with Crippen LogP contribution in [0.4, 0.5) is 10.5 Å². The summed E-state index contributed by atoms with van der Waals surface area (Å²) in [7, 11) is 10.2. The van der Waals surface area contributed by atoms with Crippen molar-refractivity contribution < 1.29 is 47.8 Å². The quantitative estimate of drug-likeness (QED) is 0.114. The molecule has 2 rings (SSSR count). The van der Waals surface area contributed by atoms with Gasteiger partial charge in [0.2, 0.25) is 35.4 Å². The smallest absolute Gasteiger partial charge is 0.408 e. The number of benzene rings is 1. The molecule has 9 atom stereocenters. The zero-order chi connectivity index (χ0) is 52.0. The van der Waals surface area contributed by atoms with Gasteiger partial charge in [0.05, 0.1) is 42.2 Å². The van der Waals surface area contributed by atoms with Crippen LogP contribution < -0.4 is 21.3 Å². The largest absolute Gasteiger partial charge is 0.444 e. The second-order valence-electron chi connectivity index (χ2n) is 20.5. The average molecular weight is 959 g/mol. The molecule has 1 saturated heterocycles. The highest BCUT2D eigenvalue weighted by Crippen LogP contribution is 2.30. The number of nitrogens with zero attached hydrogens (tertiary/aromatic N) is 4. The minimum atomic E-state index is -0.938. The number of likely N-dealkylation sites (tertiary alicyclic amines) is 1. The second-order valence-corrected chi connectivity index (χ2v) is 20.5. The Bertz CT molecular complexity index is 1870. The highest BCUT2D eigenvalue weighted by Gasteiger charge is 2.44. The molecule has 1 aliphatic rings. The number of alkyl carbamates (subject to hydrolysis) is 1. The number of ether oxygens (including phenoxy) is 3. The van der Waals surface area contributed by atoms with Crippen LogP contribution >= 0.6 is 0 Å². The van der Waals surface area contributed by atoms with Crippen molar-refractivity contribution in [2.45, 2.75) is 169 Å². The third kappa shape index (κ3) is 16.7. The van der Waals surface area contributed by atoms with Crippen molar-refractivity contribution in [3.63, 3.8) is 0 Å². The van der Waals surface area contributed by atoms with Gasteiger partial charge in [0.15, 0.2) is 0 Å². The van der Waals surface area contributed by atoms with E-state index < -0.39 is 71.3 Å². The van der Waals surface area contributed by atoms with Crippen molar-refractivity contribution in [3.8, 4) is 0 Å². The van der Waals surface area contributed by atoms with Gasteiger partial charge in [-0.1, -0.05) is 53.2 Å². The molecule has 1 fully saturated rings. The first-order valence-corrected chi connectivity index (χ1v) is 24.1. The van der Waals surface area contributed by atoms with Gasteiger partial charge in [-0.2, -0.15) is 0 Å². The molecule has 68 heavy (non-hydrogen) atoms. The fourth-order valence-corrected chi connectivity index (χ4v) is 8.31. The lowest BCUT2D eigenvalue weighted by Gasteiger charge is -2.41. The highest BCUT2D eigenvalue weighted by molar-refractivity contribution is 5.98. The minimum absolute atomic E-state index is 0.00422. The van der Waals surface area contributed by atoms with E-state index in [4.69, 9.17) is 14.2 Å². The number of carbonyl (C=O) groups is 7. The van der Waals surface area contributed by atoms with Crippen LogP contribution in [-0.2, 0) is 49.4 Å². The van der Waals surface area contributed by atoms with Crippen LogP contribution in [0.1, 0.15) is 114 Å². The van der Waals surface area contributed by atoms with E-state index in [2.05, 4.69) is 21.3 Å². The average Bonchev–Trinajstić information content (AvgIpc) is 3.75. The van der Waals surface area contributed by atoms with Gasteiger partial charge in [-0.25, -0.2) is 4.79 Å². The Labute approximate surface area is 406 Å². The van der Waals surface area contributed by atoms with Gasteiger partial charge in [-0.15, -0.1) is 0 Å². The molecule has 0 unspecified atom stereocenters. The van der Waals surface area contributed by atoms with E-state index in [0.717, 1.165) is 18.4 Å². The molecule has 1 aliphatic heterocycles. The lowest BCUT2D eigenvalue weighted by Crippen LogP contribution is -2.61. The summed E-state index contributed by atoms with van der Waals surface area (Å²) in [6.45, 7) is 22.3. The Kier molecular flexibility index (Phi) is 22.9. The van der Waals surface area contributed by atoms with Gasteiger partial charge in [-0.3, -0.25) is 33.7 Å². The van der Waals surface area contributed by atoms with E-state index >= 15 is 0 Å². The van der Waals surface area contributed by atoms with Crippen molar-refractivity contribution in [1.29, 1.82) is 0 Å². The Morgan fingerprint density at radius 2 is 1.44 bits per heavy atom. The number of likely N-dealkylation sites (N-methyl/N-ethyl adjacent to an activating group) is 3. The molecule has 0 bridgehead atoms. The van der Waals surface area contributed by atoms with Crippen molar-refractivity contribution in [2.24, 2.45) is 17.8 Å². The van der Waals surface area contributed by atoms with E-state index in [-0.39, 0.29) is 47.9 Å². The van der Waals surface area contributed by atoms with E-state index in [0.29, 0.717) is 31.6 Å². The summed E-state index contributed by atoms with van der Waals surface area (Å²) >= 11 is 0. The predicted molar refractivity (Wildman–Crippen MR) is 264 cm³/mol. The van der Waals surface area contributed by atoms with Crippen LogP contribution in [0.3, 0.4) is 0 Å². The van der Waals surface area contributed by atoms with Crippen molar-refractivity contribution >= 4 is 47.2 Å². The van der Waals surface area contributed by atoms with E-state index in [1.54, 1.807) is 101 Å². The summed E-state index contributed by atoms with van der Waals surface area (Å²) in [6, 6.07) is 3.74. The zero-order valence-electron chi connectivity index (χ0n) is 44.4. The maximum atomic E-state index is 14.3. The summed E-state index contributed by atoms with van der Waals surface area (Å²) in [5.74, 6) is -2.67. The van der Waals surface area contributed by atoms with Gasteiger partial charge in [0, 0.05) is 47.1 Å². The van der Waals surface area contributed by atoms with E-state index in [1.165, 1.54) is 13.8 Å². The van der Waals surface area contributed by atoms with Crippen LogP contribution in [-0.4, -0.2) is 170 Å². The normalized spacial score (nSPS) is 17.8. The summed E-state index contributed by atoms with van der Waals surface area (Å²) in [4.78, 5) is 101. The molecular formula is C50H86N8O10. The first-order chi connectivity index (χ1) is 31.5. The molecule has 18 heteroatoms. The summed E-state index contributed by atoms with van der Waals surface area (Å²) in [5, 5.41) is 10.9. The summed E-state index contributed by atoms with van der Waals surface area (Å²) < 4.78 is 17.3. The first kappa shape index (κ1) is 59.3. The standard InChI is InChI=1S/C50H86N8O10/c1-19-31(4)41(57(16)46(63)40(30(2)3)54-47(64)50(11,12)55(13)14)38(66-17)29-39(59)58-26-21-24-37(58)42(67-18)32(5)45(62)56(15)27-25-35-22-20-23-36(28-35)53-44(61)33(6)51-43(60)34(7)52-48(65)68-49(8,9)10/h20,22-23,28,30-34,37-38,40-42H,19,21,24-27,29H2,1-18H3,(H,51,60)(H,52,65)(H,53,61)(H,54,64)/t31-,32+,33-,34-,37-,38+,40-,41-,42+/m0/s1. The van der Waals surface area contributed by atoms with Crippen LogP contribution in [0.2, 0.25) is 0 Å². The Morgan fingerprint density at radius 3 is 1.99 bits per heavy atom. The number of hydrogen-bond donors (Lipinski definition) is 4. The van der Waals surface area contributed by atoms with Crippen LogP contribution in [0, 0.1) is 17.8 Å². The van der Waals surface area contributed by atoms with Gasteiger partial charge >= 0.3 is 6.09 Å². The van der Waals surface area contributed by atoms with Crippen molar-refractivity contribution in [3.05, 3.63) is 29.8 Å². The van der Waals surface area contributed by atoms with Crippen LogP contribution in [0.25, 0.3) is 0 Å². The topological polar surface area (TPSA) is 208 Å². The van der Waals surface area contributed by atoms with Crippen LogP contribution in [0.5, 0.6) is 0 Å². The Balaban J connectivity index is 2.13. The lowest BCUT2D eigenvalue weighted by molar-refractivity contribution is -0.149. The molecule has 1 heterocycles. The molecule has 4 N–H and O–H groups in total. The maximum Gasteiger partial charge on any atom is 0.408 e. The molecule has 386 valence electrons.